The molecule has 0 aromatic heterocycles. The Bertz CT molecular complexity index is 393. The average molecular weight is 218 g/mol. The van der Waals surface area contributed by atoms with Gasteiger partial charge in [-0.15, -0.1) is 0 Å². The minimum absolute atomic E-state index is 0.134. The number of hydrogen-bond donors (Lipinski definition) is 0. The largest absolute Gasteiger partial charge is 0.597 e. The standard InChI is InChI=1S/C13H19BO2/c1-9(2)14-15-11-7-6-10(13(3,4)5)8-12(11)16-14/h6-9H,1-5H3. The van der Waals surface area contributed by atoms with Crippen LogP contribution in [0.5, 0.6) is 11.5 Å². The Labute approximate surface area is 98.1 Å². The lowest BCUT2D eigenvalue weighted by Crippen LogP contribution is -2.27. The summed E-state index contributed by atoms with van der Waals surface area (Å²) in [6.45, 7) is 10.8. The predicted molar refractivity (Wildman–Crippen MR) is 67.3 cm³/mol. The van der Waals surface area contributed by atoms with Gasteiger partial charge in [-0.1, -0.05) is 40.7 Å². The van der Waals surface area contributed by atoms with E-state index in [2.05, 4.69) is 46.8 Å². The Kier molecular flexibility index (Phi) is 2.65. The molecule has 86 valence electrons. The first-order valence-corrected chi connectivity index (χ1v) is 5.86. The summed E-state index contributed by atoms with van der Waals surface area (Å²) in [5, 5.41) is 0. The van der Waals surface area contributed by atoms with Gasteiger partial charge < -0.3 is 9.31 Å². The average Bonchev–Trinajstić information content (AvgIpc) is 2.58. The molecule has 3 heteroatoms. The van der Waals surface area contributed by atoms with Crippen molar-refractivity contribution in [3.8, 4) is 11.5 Å². The molecule has 16 heavy (non-hydrogen) atoms. The minimum atomic E-state index is -0.134. The topological polar surface area (TPSA) is 18.5 Å². The van der Waals surface area contributed by atoms with Gasteiger partial charge in [-0.3, -0.25) is 0 Å². The predicted octanol–water partition coefficient (Wildman–Crippen LogP) is 3.65. The third-order valence-electron chi connectivity index (χ3n) is 2.84. The Morgan fingerprint density at radius 2 is 1.69 bits per heavy atom. The first-order chi connectivity index (χ1) is 7.38. The molecule has 2 nitrogen and oxygen atoms in total. The van der Waals surface area contributed by atoms with E-state index in [1.54, 1.807) is 0 Å². The molecule has 0 atom stereocenters. The lowest BCUT2D eigenvalue weighted by molar-refractivity contribution is 0.480. The number of benzene rings is 1. The van der Waals surface area contributed by atoms with Crippen molar-refractivity contribution < 1.29 is 9.31 Å². The highest BCUT2D eigenvalue weighted by Gasteiger charge is 2.35. The Morgan fingerprint density at radius 1 is 1.06 bits per heavy atom. The summed E-state index contributed by atoms with van der Waals surface area (Å²) < 4.78 is 11.5. The summed E-state index contributed by atoms with van der Waals surface area (Å²) in [6.07, 6.45) is 0. The van der Waals surface area contributed by atoms with Gasteiger partial charge >= 0.3 is 7.12 Å². The molecule has 0 unspecified atom stereocenters. The second kappa shape index (κ2) is 3.72. The van der Waals surface area contributed by atoms with Crippen LogP contribution in [-0.2, 0) is 5.41 Å². The molecule has 0 spiro atoms. The normalized spacial score (nSPS) is 14.8. The van der Waals surface area contributed by atoms with Crippen molar-refractivity contribution in [2.45, 2.75) is 45.9 Å². The van der Waals surface area contributed by atoms with Crippen LogP contribution in [0.3, 0.4) is 0 Å². The summed E-state index contributed by atoms with van der Waals surface area (Å²) in [6, 6.07) is 6.22. The fraction of sp³-hybridized carbons (Fsp3) is 0.538. The quantitative estimate of drug-likeness (QED) is 0.669. The van der Waals surface area contributed by atoms with Crippen molar-refractivity contribution in [3.05, 3.63) is 23.8 Å². The van der Waals surface area contributed by atoms with Crippen molar-refractivity contribution >= 4 is 7.12 Å². The molecule has 1 aromatic carbocycles. The molecule has 0 radical (unpaired) electrons. The molecule has 0 N–H and O–H groups in total. The molecular formula is C13H19BO2. The van der Waals surface area contributed by atoms with Crippen LogP contribution in [0.1, 0.15) is 40.2 Å². The van der Waals surface area contributed by atoms with Gasteiger partial charge in [-0.05, 0) is 23.1 Å². The molecular weight excluding hydrogens is 199 g/mol. The van der Waals surface area contributed by atoms with Gasteiger partial charge in [0.2, 0.25) is 0 Å². The third kappa shape index (κ3) is 2.04. The van der Waals surface area contributed by atoms with Gasteiger partial charge in [-0.25, -0.2) is 0 Å². The van der Waals surface area contributed by atoms with E-state index in [0.717, 1.165) is 11.5 Å². The minimum Gasteiger partial charge on any atom is -0.523 e. The van der Waals surface area contributed by atoms with Gasteiger partial charge in [0.05, 0.1) is 0 Å². The maximum Gasteiger partial charge on any atom is 0.597 e. The lowest BCUT2D eigenvalue weighted by atomic mass is 9.75. The Hall–Kier alpha value is -1.12. The zero-order valence-corrected chi connectivity index (χ0v) is 10.7. The molecule has 1 aliphatic rings. The van der Waals surface area contributed by atoms with Gasteiger partial charge in [0.15, 0.2) is 0 Å². The van der Waals surface area contributed by atoms with E-state index in [1.165, 1.54) is 5.56 Å². The SMILES string of the molecule is CC(C)B1Oc2ccc(C(C)(C)C)cc2O1. The molecule has 0 saturated heterocycles. The fourth-order valence-electron chi connectivity index (χ4n) is 1.71. The zero-order valence-electron chi connectivity index (χ0n) is 10.7. The van der Waals surface area contributed by atoms with Crippen molar-refractivity contribution in [1.82, 2.24) is 0 Å². The highest BCUT2D eigenvalue weighted by atomic mass is 16.6. The van der Waals surface area contributed by atoms with Crippen LogP contribution >= 0.6 is 0 Å². The molecule has 1 aromatic rings. The maximum atomic E-state index is 5.78. The number of fused-ring (bicyclic) bond motifs is 1. The van der Waals surface area contributed by atoms with Crippen LogP contribution < -0.4 is 9.31 Å². The fourth-order valence-corrected chi connectivity index (χ4v) is 1.71. The van der Waals surface area contributed by atoms with E-state index in [4.69, 9.17) is 9.31 Å². The summed E-state index contributed by atoms with van der Waals surface area (Å²) in [7, 11) is -0.134. The molecule has 0 fully saturated rings. The van der Waals surface area contributed by atoms with Gasteiger partial charge in [0.25, 0.3) is 0 Å². The van der Waals surface area contributed by atoms with E-state index in [9.17, 15) is 0 Å². The van der Waals surface area contributed by atoms with Crippen LogP contribution in [0.15, 0.2) is 18.2 Å². The molecule has 0 aliphatic carbocycles. The Balaban J connectivity index is 2.28. The molecule has 2 rings (SSSR count). The zero-order chi connectivity index (χ0) is 11.9. The van der Waals surface area contributed by atoms with Crippen molar-refractivity contribution in [1.29, 1.82) is 0 Å². The number of hydrogen-bond acceptors (Lipinski definition) is 2. The molecule has 1 aliphatic heterocycles. The van der Waals surface area contributed by atoms with Crippen molar-refractivity contribution in [2.24, 2.45) is 0 Å². The first kappa shape index (κ1) is 11.4. The molecule has 0 amide bonds. The highest BCUT2D eigenvalue weighted by molar-refractivity contribution is 6.49. The van der Waals surface area contributed by atoms with Gasteiger partial charge in [0, 0.05) is 5.82 Å². The van der Waals surface area contributed by atoms with E-state index < -0.39 is 0 Å². The third-order valence-corrected chi connectivity index (χ3v) is 2.84. The monoisotopic (exact) mass is 218 g/mol. The van der Waals surface area contributed by atoms with Crippen molar-refractivity contribution in [3.63, 3.8) is 0 Å². The van der Waals surface area contributed by atoms with E-state index in [0.29, 0.717) is 5.82 Å². The second-order valence-electron chi connectivity index (χ2n) is 5.76. The molecule has 1 heterocycles. The van der Waals surface area contributed by atoms with Crippen molar-refractivity contribution in [2.75, 3.05) is 0 Å². The van der Waals surface area contributed by atoms with E-state index >= 15 is 0 Å². The molecule has 0 bridgehead atoms. The van der Waals surface area contributed by atoms with Crippen LogP contribution in [0.2, 0.25) is 5.82 Å². The highest BCUT2D eigenvalue weighted by Crippen LogP contribution is 2.39. The Morgan fingerprint density at radius 3 is 2.25 bits per heavy atom. The van der Waals surface area contributed by atoms with Crippen LogP contribution in [0.25, 0.3) is 0 Å². The summed E-state index contributed by atoms with van der Waals surface area (Å²) >= 11 is 0. The summed E-state index contributed by atoms with van der Waals surface area (Å²) in [5.41, 5.74) is 1.42. The van der Waals surface area contributed by atoms with Gasteiger partial charge in [-0.2, -0.15) is 0 Å². The molecule has 0 saturated carbocycles. The first-order valence-electron chi connectivity index (χ1n) is 5.86. The van der Waals surface area contributed by atoms with Crippen LogP contribution in [-0.4, -0.2) is 7.12 Å². The second-order valence-corrected chi connectivity index (χ2v) is 5.76. The maximum absolute atomic E-state index is 5.78. The van der Waals surface area contributed by atoms with E-state index in [1.807, 2.05) is 6.07 Å². The summed E-state index contributed by atoms with van der Waals surface area (Å²) in [4.78, 5) is 0. The van der Waals surface area contributed by atoms with E-state index in [-0.39, 0.29) is 12.5 Å². The lowest BCUT2D eigenvalue weighted by Gasteiger charge is -2.19. The summed E-state index contributed by atoms with van der Waals surface area (Å²) in [5.74, 6) is 2.11. The van der Waals surface area contributed by atoms with Gasteiger partial charge in [0.1, 0.15) is 11.5 Å². The number of rotatable bonds is 1. The smallest absolute Gasteiger partial charge is 0.523 e. The van der Waals surface area contributed by atoms with Crippen LogP contribution in [0.4, 0.5) is 0 Å². The van der Waals surface area contributed by atoms with Crippen LogP contribution in [0, 0.1) is 0 Å².